The number of alkyl halides is 2. The second kappa shape index (κ2) is 7.47. The molecule has 0 nitrogen and oxygen atoms in total. The second-order valence-corrected chi connectivity index (χ2v) is 9.75. The van der Waals surface area contributed by atoms with Crippen LogP contribution in [0.15, 0.2) is 72.3 Å². The normalized spacial score (nSPS) is 24.8. The molecule has 0 heterocycles. The first-order chi connectivity index (χ1) is 10.7. The Morgan fingerprint density at radius 2 is 1.41 bits per heavy atom. The van der Waals surface area contributed by atoms with Crippen molar-refractivity contribution in [2.45, 2.75) is 33.0 Å². The third-order valence-electron chi connectivity index (χ3n) is 4.03. The predicted molar refractivity (Wildman–Crippen MR) is 112 cm³/mol. The third kappa shape index (κ3) is 5.08. The monoisotopic (exact) mass is 514 g/mol. The van der Waals surface area contributed by atoms with Gasteiger partial charge in [-0.25, -0.2) is 0 Å². The highest BCUT2D eigenvalue weighted by molar-refractivity contribution is 14.1. The fourth-order valence-corrected chi connectivity index (χ4v) is 5.16. The molecule has 0 amide bonds. The maximum Gasteiger partial charge on any atom is 0.0390 e. The van der Waals surface area contributed by atoms with Crippen LogP contribution in [0.1, 0.15) is 24.0 Å². The molecule has 0 N–H and O–H groups in total. The van der Waals surface area contributed by atoms with E-state index in [4.69, 9.17) is 0 Å². The molecule has 2 unspecified atom stereocenters. The number of halogens is 2. The first-order valence-electron chi connectivity index (χ1n) is 7.74. The first kappa shape index (κ1) is 16.5. The van der Waals surface area contributed by atoms with Gasteiger partial charge in [-0.1, -0.05) is 117 Å². The Balaban J connectivity index is 0.000000133. The lowest BCUT2D eigenvalue weighted by Crippen LogP contribution is -2.05. The Labute approximate surface area is 160 Å². The molecule has 2 aliphatic rings. The fourth-order valence-electron chi connectivity index (χ4n) is 2.43. The van der Waals surface area contributed by atoms with Gasteiger partial charge in [-0.3, -0.25) is 0 Å². The summed E-state index contributed by atoms with van der Waals surface area (Å²) in [4.78, 5) is 0. The van der Waals surface area contributed by atoms with E-state index in [1.54, 1.807) is 5.57 Å². The van der Waals surface area contributed by atoms with Gasteiger partial charge in [0.2, 0.25) is 0 Å². The van der Waals surface area contributed by atoms with Crippen LogP contribution >= 0.6 is 45.2 Å². The van der Waals surface area contributed by atoms with Gasteiger partial charge in [0.15, 0.2) is 0 Å². The highest BCUT2D eigenvalue weighted by atomic mass is 127. The summed E-state index contributed by atoms with van der Waals surface area (Å²) in [5.74, 6) is 0. The molecule has 0 aliphatic heterocycles. The van der Waals surface area contributed by atoms with Crippen LogP contribution in [0.25, 0.3) is 0 Å². The van der Waals surface area contributed by atoms with Gasteiger partial charge in [-0.2, -0.15) is 0 Å². The summed E-state index contributed by atoms with van der Waals surface area (Å²) in [7, 11) is 0. The summed E-state index contributed by atoms with van der Waals surface area (Å²) in [6.45, 7) is 0. The van der Waals surface area contributed by atoms with Crippen molar-refractivity contribution >= 4 is 45.2 Å². The molecule has 2 aromatic rings. The van der Waals surface area contributed by atoms with Crippen molar-refractivity contribution in [3.8, 4) is 0 Å². The SMILES string of the molecule is C1=C(Cc2ccccc2)C1.IC1CC1(I)Cc1ccccc1. The zero-order valence-electron chi connectivity index (χ0n) is 12.5. The van der Waals surface area contributed by atoms with Gasteiger partial charge >= 0.3 is 0 Å². The largest absolute Gasteiger partial charge is 0.0811 e. The van der Waals surface area contributed by atoms with E-state index in [9.17, 15) is 0 Å². The molecule has 1 fully saturated rings. The van der Waals surface area contributed by atoms with Gasteiger partial charge in [0.25, 0.3) is 0 Å². The van der Waals surface area contributed by atoms with Crippen molar-refractivity contribution in [2.75, 3.05) is 0 Å². The Morgan fingerprint density at radius 3 is 1.86 bits per heavy atom. The maximum absolute atomic E-state index is 2.61. The van der Waals surface area contributed by atoms with E-state index in [-0.39, 0.29) is 0 Å². The molecule has 1 saturated carbocycles. The smallest absolute Gasteiger partial charge is 0.0390 e. The van der Waals surface area contributed by atoms with Crippen molar-refractivity contribution in [2.24, 2.45) is 0 Å². The number of hydrogen-bond acceptors (Lipinski definition) is 0. The minimum atomic E-state index is 0.569. The van der Waals surface area contributed by atoms with Gasteiger partial charge in [0, 0.05) is 7.35 Å². The van der Waals surface area contributed by atoms with Gasteiger partial charge in [0.1, 0.15) is 0 Å². The molecule has 2 heteroatoms. The van der Waals surface area contributed by atoms with Crippen LogP contribution in [-0.2, 0) is 12.8 Å². The molecule has 2 aliphatic carbocycles. The number of allylic oxidation sites excluding steroid dienone is 2. The van der Waals surface area contributed by atoms with Crippen molar-refractivity contribution in [1.82, 2.24) is 0 Å². The molecule has 4 rings (SSSR count). The van der Waals surface area contributed by atoms with Crippen LogP contribution in [0.3, 0.4) is 0 Å². The van der Waals surface area contributed by atoms with Crippen molar-refractivity contribution in [3.05, 3.63) is 83.4 Å². The van der Waals surface area contributed by atoms with E-state index < -0.39 is 0 Å². The zero-order chi connectivity index (χ0) is 15.4. The van der Waals surface area contributed by atoms with Crippen LogP contribution in [-0.4, -0.2) is 7.35 Å². The van der Waals surface area contributed by atoms with E-state index in [0.29, 0.717) is 3.42 Å². The highest BCUT2D eigenvalue weighted by Crippen LogP contribution is 2.53. The van der Waals surface area contributed by atoms with Gasteiger partial charge in [-0.15, -0.1) is 0 Å². The lowest BCUT2D eigenvalue weighted by molar-refractivity contribution is 0.933. The Morgan fingerprint density at radius 1 is 0.909 bits per heavy atom. The second-order valence-electron chi connectivity index (χ2n) is 6.10. The molecular formula is C20H20I2. The lowest BCUT2D eigenvalue weighted by Gasteiger charge is -2.06. The van der Waals surface area contributed by atoms with Crippen molar-refractivity contribution in [3.63, 3.8) is 0 Å². The van der Waals surface area contributed by atoms with Crippen molar-refractivity contribution < 1.29 is 0 Å². The molecule has 2 aromatic carbocycles. The van der Waals surface area contributed by atoms with Crippen LogP contribution in [0.5, 0.6) is 0 Å². The Hall–Kier alpha value is -0.360. The van der Waals surface area contributed by atoms with E-state index in [0.717, 1.165) is 3.92 Å². The molecule has 0 bridgehead atoms. The molecule has 0 aromatic heterocycles. The van der Waals surface area contributed by atoms with Crippen LogP contribution in [0.2, 0.25) is 0 Å². The summed E-state index contributed by atoms with van der Waals surface area (Å²) in [5.41, 5.74) is 4.50. The third-order valence-corrected chi connectivity index (χ3v) is 8.43. The quantitative estimate of drug-likeness (QED) is 0.260. The maximum atomic E-state index is 2.61. The summed E-state index contributed by atoms with van der Waals surface area (Å²) >= 11 is 5.16. The Kier molecular flexibility index (Phi) is 5.60. The van der Waals surface area contributed by atoms with Crippen LogP contribution in [0.4, 0.5) is 0 Å². The topological polar surface area (TPSA) is 0 Å². The molecule has 0 saturated heterocycles. The van der Waals surface area contributed by atoms with E-state index >= 15 is 0 Å². The lowest BCUT2D eigenvalue weighted by atomic mass is 10.1. The zero-order valence-corrected chi connectivity index (χ0v) is 16.8. The van der Waals surface area contributed by atoms with E-state index in [2.05, 4.69) is 112 Å². The number of rotatable bonds is 4. The molecule has 0 radical (unpaired) electrons. The number of benzene rings is 2. The van der Waals surface area contributed by atoms with Gasteiger partial charge < -0.3 is 0 Å². The molecule has 22 heavy (non-hydrogen) atoms. The predicted octanol–water partition coefficient (Wildman–Crippen LogP) is 6.17. The van der Waals surface area contributed by atoms with E-state index in [1.165, 1.54) is 36.8 Å². The average Bonchev–Trinajstić information content (AvgIpc) is 3.43. The van der Waals surface area contributed by atoms with Crippen molar-refractivity contribution in [1.29, 1.82) is 0 Å². The molecule has 2 atom stereocenters. The minimum absolute atomic E-state index is 0.569. The number of hydrogen-bond donors (Lipinski definition) is 0. The minimum Gasteiger partial charge on any atom is -0.0811 e. The van der Waals surface area contributed by atoms with E-state index in [1.807, 2.05) is 0 Å². The first-order valence-corrected chi connectivity index (χ1v) is 10.1. The standard InChI is InChI=1S/C10H10I2.C10H10/c11-9-7-10(9,12)6-8-4-2-1-3-5-8;1-2-4-9(5-3-1)8-10-6-7-10/h1-5,9H,6-7H2;1-6H,7-8H2. The summed E-state index contributed by atoms with van der Waals surface area (Å²) < 4.78 is 1.45. The molecule has 114 valence electrons. The average molecular weight is 514 g/mol. The summed E-state index contributed by atoms with van der Waals surface area (Å²) in [5, 5.41) is 0. The van der Waals surface area contributed by atoms with Gasteiger partial charge in [0.05, 0.1) is 0 Å². The summed E-state index contributed by atoms with van der Waals surface area (Å²) in [6.07, 6.45) is 7.31. The fraction of sp³-hybridized carbons (Fsp3) is 0.300. The molecule has 0 spiro atoms. The Bertz CT molecular complexity index is 633. The van der Waals surface area contributed by atoms with Crippen LogP contribution in [0, 0.1) is 0 Å². The highest BCUT2D eigenvalue weighted by Gasteiger charge is 2.50. The van der Waals surface area contributed by atoms with Crippen LogP contribution < -0.4 is 0 Å². The molecular weight excluding hydrogens is 494 g/mol. The summed E-state index contributed by atoms with van der Waals surface area (Å²) in [6, 6.07) is 21.4. The van der Waals surface area contributed by atoms with Gasteiger partial charge in [-0.05, 0) is 36.8 Å².